The van der Waals surface area contributed by atoms with Crippen LogP contribution in [0.3, 0.4) is 0 Å². The highest BCUT2D eigenvalue weighted by Gasteiger charge is 2.38. The van der Waals surface area contributed by atoms with Gasteiger partial charge in [0.1, 0.15) is 0 Å². The number of hydrogen-bond donors (Lipinski definition) is 0. The van der Waals surface area contributed by atoms with E-state index in [4.69, 9.17) is 5.10 Å². The van der Waals surface area contributed by atoms with Gasteiger partial charge in [0.25, 0.3) is 0 Å². The molecule has 2 fully saturated rings. The van der Waals surface area contributed by atoms with Gasteiger partial charge in [-0.3, -0.25) is 9.58 Å². The third-order valence-electron chi connectivity index (χ3n) is 6.38. The average Bonchev–Trinajstić information content (AvgIpc) is 3.37. The Morgan fingerprint density at radius 2 is 1.57 bits per heavy atom. The lowest BCUT2D eigenvalue weighted by atomic mass is 9.86. The zero-order valence-electron chi connectivity index (χ0n) is 16.7. The van der Waals surface area contributed by atoms with E-state index in [-0.39, 0.29) is 0 Å². The molecule has 1 aliphatic heterocycles. The molecule has 1 aliphatic carbocycles. The van der Waals surface area contributed by atoms with E-state index in [9.17, 15) is 0 Å². The van der Waals surface area contributed by atoms with Crippen molar-refractivity contribution in [2.24, 2.45) is 0 Å². The lowest BCUT2D eigenvalue weighted by molar-refractivity contribution is 0.322. The van der Waals surface area contributed by atoms with Crippen molar-refractivity contribution >= 4 is 0 Å². The van der Waals surface area contributed by atoms with E-state index >= 15 is 0 Å². The second-order valence-corrected chi connectivity index (χ2v) is 8.39. The van der Waals surface area contributed by atoms with Crippen molar-refractivity contribution < 1.29 is 0 Å². The summed E-state index contributed by atoms with van der Waals surface area (Å²) in [5, 5.41) is 4.97. The van der Waals surface area contributed by atoms with Crippen molar-refractivity contribution in [1.82, 2.24) is 14.7 Å². The van der Waals surface area contributed by atoms with Crippen LogP contribution in [0.25, 0.3) is 0 Å². The molecule has 3 heteroatoms. The Hall–Kier alpha value is -2.39. The van der Waals surface area contributed by atoms with Crippen molar-refractivity contribution in [3.63, 3.8) is 0 Å². The smallest absolute Gasteiger partial charge is 0.0658 e. The summed E-state index contributed by atoms with van der Waals surface area (Å²) in [7, 11) is 0. The Labute approximate surface area is 168 Å². The highest BCUT2D eigenvalue weighted by Crippen LogP contribution is 2.44. The average molecular weight is 372 g/mol. The van der Waals surface area contributed by atoms with Crippen LogP contribution in [0.5, 0.6) is 0 Å². The highest BCUT2D eigenvalue weighted by atomic mass is 15.3. The van der Waals surface area contributed by atoms with E-state index in [0.717, 1.165) is 26.2 Å². The fraction of sp³-hybridized carbons (Fsp3) is 0.400. The quantitative estimate of drug-likeness (QED) is 0.596. The van der Waals surface area contributed by atoms with Crippen molar-refractivity contribution in [3.8, 4) is 0 Å². The fourth-order valence-electron chi connectivity index (χ4n) is 4.78. The van der Waals surface area contributed by atoms with Crippen molar-refractivity contribution in [3.05, 3.63) is 89.2 Å². The maximum absolute atomic E-state index is 4.97. The molecule has 144 valence electrons. The van der Waals surface area contributed by atoms with Gasteiger partial charge in [-0.2, -0.15) is 5.10 Å². The molecule has 2 aromatic carbocycles. The number of benzene rings is 2. The van der Waals surface area contributed by atoms with Crippen molar-refractivity contribution in [1.29, 1.82) is 0 Å². The van der Waals surface area contributed by atoms with Gasteiger partial charge < -0.3 is 0 Å². The second-order valence-electron chi connectivity index (χ2n) is 8.39. The first-order chi connectivity index (χ1) is 13.8. The van der Waals surface area contributed by atoms with Gasteiger partial charge in [-0.15, -0.1) is 0 Å². The zero-order valence-corrected chi connectivity index (χ0v) is 16.7. The van der Waals surface area contributed by atoms with E-state index < -0.39 is 0 Å². The molecule has 1 unspecified atom stereocenters. The molecule has 1 saturated heterocycles. The van der Waals surface area contributed by atoms with Crippen LogP contribution in [-0.4, -0.2) is 27.8 Å². The Bertz CT molecular complexity index is 911. The molecule has 3 aromatic rings. The summed E-state index contributed by atoms with van der Waals surface area (Å²) < 4.78 is 2.28. The van der Waals surface area contributed by atoms with Crippen LogP contribution < -0.4 is 0 Å². The van der Waals surface area contributed by atoms with Crippen LogP contribution in [-0.2, 0) is 13.1 Å². The number of aryl methyl sites for hydroxylation is 1. The summed E-state index contributed by atoms with van der Waals surface area (Å²) in [5.41, 5.74) is 5.62. The lowest BCUT2D eigenvalue weighted by Gasteiger charge is -2.19. The van der Waals surface area contributed by atoms with Gasteiger partial charge in [0, 0.05) is 49.6 Å². The molecule has 2 heterocycles. The van der Waals surface area contributed by atoms with Crippen LogP contribution >= 0.6 is 0 Å². The molecule has 2 atom stereocenters. The zero-order chi connectivity index (χ0) is 18.9. The van der Waals surface area contributed by atoms with E-state index in [1.165, 1.54) is 35.4 Å². The summed E-state index contributed by atoms with van der Waals surface area (Å²) in [6, 6.07) is 24.4. The molecule has 28 heavy (non-hydrogen) atoms. The molecule has 5 rings (SSSR count). The molecule has 0 spiro atoms. The topological polar surface area (TPSA) is 21.1 Å². The third-order valence-corrected chi connectivity index (χ3v) is 6.38. The van der Waals surface area contributed by atoms with Crippen LogP contribution in [0.15, 0.2) is 66.7 Å². The Balaban J connectivity index is 1.46. The number of aromatic nitrogens is 2. The normalized spacial score (nSPS) is 22.6. The molecule has 2 aliphatic rings. The molecular formula is C25H29N3. The van der Waals surface area contributed by atoms with Gasteiger partial charge in [0.05, 0.1) is 5.69 Å². The summed E-state index contributed by atoms with van der Waals surface area (Å²) in [4.78, 5) is 2.63. The predicted octanol–water partition coefficient (Wildman–Crippen LogP) is 5.16. The summed E-state index contributed by atoms with van der Waals surface area (Å²) in [6.07, 6.45) is 2.63. The maximum Gasteiger partial charge on any atom is 0.0658 e. The molecule has 1 saturated carbocycles. The monoisotopic (exact) mass is 371 g/mol. The van der Waals surface area contributed by atoms with E-state index in [0.29, 0.717) is 17.8 Å². The number of likely N-dealkylation sites (tertiary alicyclic amines) is 1. The Morgan fingerprint density at radius 3 is 2.25 bits per heavy atom. The minimum absolute atomic E-state index is 0.506. The van der Waals surface area contributed by atoms with Gasteiger partial charge in [0.2, 0.25) is 0 Å². The maximum atomic E-state index is 4.97. The highest BCUT2D eigenvalue weighted by molar-refractivity contribution is 5.31. The predicted molar refractivity (Wildman–Crippen MR) is 114 cm³/mol. The Morgan fingerprint density at radius 1 is 0.893 bits per heavy atom. The standard InChI is InChI=1S/C25H29N3/c1-2-28-25(15-24(26-28)21-13-14-21)23-18-27(16-19-9-5-3-6-10-19)17-22(23)20-11-7-4-8-12-20/h3-12,15,21-23H,2,13-14,16-18H2,1H3/t22?,23-/m1/s1. The molecule has 0 N–H and O–H groups in total. The number of nitrogens with zero attached hydrogens (tertiary/aromatic N) is 3. The van der Waals surface area contributed by atoms with Gasteiger partial charge in [0.15, 0.2) is 0 Å². The Kier molecular flexibility index (Phi) is 4.77. The second kappa shape index (κ2) is 7.56. The first kappa shape index (κ1) is 17.7. The van der Waals surface area contributed by atoms with Crippen LogP contribution in [0, 0.1) is 0 Å². The minimum Gasteiger partial charge on any atom is -0.298 e. The van der Waals surface area contributed by atoms with Gasteiger partial charge in [-0.25, -0.2) is 0 Å². The number of hydrogen-bond acceptors (Lipinski definition) is 2. The van der Waals surface area contributed by atoms with Crippen molar-refractivity contribution in [2.45, 2.75) is 50.6 Å². The van der Waals surface area contributed by atoms with Crippen LogP contribution in [0.2, 0.25) is 0 Å². The lowest BCUT2D eigenvalue weighted by Crippen LogP contribution is -2.20. The van der Waals surface area contributed by atoms with Gasteiger partial charge >= 0.3 is 0 Å². The molecule has 0 bridgehead atoms. The molecule has 0 radical (unpaired) electrons. The molecule has 0 amide bonds. The largest absolute Gasteiger partial charge is 0.298 e. The summed E-state index contributed by atoms with van der Waals surface area (Å²) in [5.74, 6) is 1.74. The van der Waals surface area contributed by atoms with Gasteiger partial charge in [-0.05, 0) is 37.0 Å². The molecular weight excluding hydrogens is 342 g/mol. The molecule has 3 nitrogen and oxygen atoms in total. The van der Waals surface area contributed by atoms with E-state index in [1.54, 1.807) is 0 Å². The number of rotatable bonds is 6. The fourth-order valence-corrected chi connectivity index (χ4v) is 4.78. The first-order valence-corrected chi connectivity index (χ1v) is 10.7. The van der Waals surface area contributed by atoms with Crippen molar-refractivity contribution in [2.75, 3.05) is 13.1 Å². The van der Waals surface area contributed by atoms with Crippen LogP contribution in [0.4, 0.5) is 0 Å². The third kappa shape index (κ3) is 3.51. The first-order valence-electron chi connectivity index (χ1n) is 10.7. The van der Waals surface area contributed by atoms with E-state index in [1.807, 2.05) is 0 Å². The van der Waals surface area contributed by atoms with E-state index in [2.05, 4.69) is 83.2 Å². The summed E-state index contributed by atoms with van der Waals surface area (Å²) >= 11 is 0. The van der Waals surface area contributed by atoms with Gasteiger partial charge in [-0.1, -0.05) is 60.7 Å². The molecule has 1 aromatic heterocycles. The summed E-state index contributed by atoms with van der Waals surface area (Å²) in [6.45, 7) is 6.41. The minimum atomic E-state index is 0.506. The SMILES string of the molecule is CCn1nc(C2CC2)cc1[C@@H]1CN(Cc2ccccc2)CC1c1ccccc1. The van der Waals surface area contributed by atoms with Crippen LogP contribution in [0.1, 0.15) is 60.0 Å².